The molecule has 0 fully saturated rings. The molecule has 0 aliphatic carbocycles. The van der Waals surface area contributed by atoms with Crippen LogP contribution in [0.25, 0.3) is 0 Å². The second kappa shape index (κ2) is 8.40. The molecule has 0 atom stereocenters. The van der Waals surface area contributed by atoms with Gasteiger partial charge in [0.25, 0.3) is 5.91 Å². The van der Waals surface area contributed by atoms with Gasteiger partial charge in [-0.15, -0.1) is 11.8 Å². The SMILES string of the molecule is COc1cc(CN(C)C(=O)c2ccc(NC=O)cc2)ccc1SC. The molecule has 126 valence electrons. The minimum Gasteiger partial charge on any atom is -0.496 e. The summed E-state index contributed by atoms with van der Waals surface area (Å²) in [6, 6.07) is 12.7. The van der Waals surface area contributed by atoms with E-state index in [1.165, 1.54) is 0 Å². The van der Waals surface area contributed by atoms with Gasteiger partial charge in [-0.3, -0.25) is 9.59 Å². The fraction of sp³-hybridized carbons (Fsp3) is 0.222. The molecule has 0 bridgehead atoms. The number of ether oxygens (including phenoxy) is 1. The molecule has 0 unspecified atom stereocenters. The molecule has 2 aromatic rings. The van der Waals surface area contributed by atoms with Gasteiger partial charge in [-0.05, 0) is 48.2 Å². The Labute approximate surface area is 146 Å². The van der Waals surface area contributed by atoms with Crippen LogP contribution in [0, 0.1) is 0 Å². The summed E-state index contributed by atoms with van der Waals surface area (Å²) in [4.78, 5) is 25.6. The molecule has 0 saturated heterocycles. The van der Waals surface area contributed by atoms with E-state index in [0.717, 1.165) is 16.2 Å². The van der Waals surface area contributed by atoms with Crippen LogP contribution < -0.4 is 10.1 Å². The lowest BCUT2D eigenvalue weighted by atomic mass is 10.1. The second-order valence-corrected chi connectivity index (χ2v) is 6.04. The fourth-order valence-corrected chi connectivity index (χ4v) is 2.87. The number of thioether (sulfide) groups is 1. The average Bonchev–Trinajstić information content (AvgIpc) is 2.61. The number of nitrogens with one attached hydrogen (secondary N) is 1. The lowest BCUT2D eigenvalue weighted by Gasteiger charge is -2.18. The molecule has 2 aromatic carbocycles. The molecule has 0 spiro atoms. The number of methoxy groups -OCH3 is 1. The largest absolute Gasteiger partial charge is 0.496 e. The molecule has 1 N–H and O–H groups in total. The van der Waals surface area contributed by atoms with E-state index in [-0.39, 0.29) is 5.91 Å². The van der Waals surface area contributed by atoms with Crippen LogP contribution in [0.2, 0.25) is 0 Å². The summed E-state index contributed by atoms with van der Waals surface area (Å²) < 4.78 is 5.38. The summed E-state index contributed by atoms with van der Waals surface area (Å²) in [5.41, 5.74) is 2.22. The van der Waals surface area contributed by atoms with Gasteiger partial charge < -0.3 is 15.0 Å². The molecule has 0 aliphatic rings. The Kier molecular flexibility index (Phi) is 6.26. The van der Waals surface area contributed by atoms with Gasteiger partial charge in [0.05, 0.1) is 7.11 Å². The van der Waals surface area contributed by atoms with Crippen molar-refractivity contribution in [1.29, 1.82) is 0 Å². The van der Waals surface area contributed by atoms with E-state index in [2.05, 4.69) is 5.32 Å². The molecule has 0 aliphatic heterocycles. The average molecular weight is 344 g/mol. The molecule has 5 nitrogen and oxygen atoms in total. The highest BCUT2D eigenvalue weighted by molar-refractivity contribution is 7.98. The van der Waals surface area contributed by atoms with Crippen molar-refractivity contribution in [2.75, 3.05) is 25.7 Å². The highest BCUT2D eigenvalue weighted by Gasteiger charge is 2.13. The van der Waals surface area contributed by atoms with E-state index in [4.69, 9.17) is 4.74 Å². The van der Waals surface area contributed by atoms with Crippen molar-refractivity contribution in [1.82, 2.24) is 4.90 Å². The minimum atomic E-state index is -0.0828. The zero-order valence-corrected chi connectivity index (χ0v) is 14.7. The summed E-state index contributed by atoms with van der Waals surface area (Å²) in [5.74, 6) is 0.728. The predicted octanol–water partition coefficient (Wildman–Crippen LogP) is 3.26. The van der Waals surface area contributed by atoms with Gasteiger partial charge in [-0.2, -0.15) is 0 Å². The van der Waals surface area contributed by atoms with Gasteiger partial charge in [0, 0.05) is 29.7 Å². The van der Waals surface area contributed by atoms with E-state index in [1.54, 1.807) is 55.1 Å². The third kappa shape index (κ3) is 4.29. The van der Waals surface area contributed by atoms with Crippen molar-refractivity contribution in [2.45, 2.75) is 11.4 Å². The van der Waals surface area contributed by atoms with E-state index in [0.29, 0.717) is 24.2 Å². The maximum absolute atomic E-state index is 12.5. The van der Waals surface area contributed by atoms with Crippen LogP contribution in [-0.2, 0) is 11.3 Å². The number of hydrogen-bond acceptors (Lipinski definition) is 4. The molecule has 2 amide bonds. The Morgan fingerprint density at radius 1 is 1.25 bits per heavy atom. The third-order valence-electron chi connectivity index (χ3n) is 3.57. The number of anilines is 1. The fourth-order valence-electron chi connectivity index (χ4n) is 2.32. The van der Waals surface area contributed by atoms with Gasteiger partial charge in [-0.1, -0.05) is 6.07 Å². The van der Waals surface area contributed by atoms with Crippen molar-refractivity contribution in [2.24, 2.45) is 0 Å². The summed E-state index contributed by atoms with van der Waals surface area (Å²) >= 11 is 1.62. The van der Waals surface area contributed by atoms with Crippen LogP contribution in [0.1, 0.15) is 15.9 Å². The summed E-state index contributed by atoms with van der Waals surface area (Å²) in [6.07, 6.45) is 2.60. The highest BCUT2D eigenvalue weighted by atomic mass is 32.2. The van der Waals surface area contributed by atoms with Gasteiger partial charge in [0.2, 0.25) is 6.41 Å². The first-order valence-electron chi connectivity index (χ1n) is 7.35. The van der Waals surface area contributed by atoms with Crippen LogP contribution in [0.5, 0.6) is 5.75 Å². The van der Waals surface area contributed by atoms with Crippen LogP contribution in [0.4, 0.5) is 5.69 Å². The number of nitrogens with zero attached hydrogens (tertiary/aromatic N) is 1. The van der Waals surface area contributed by atoms with E-state index < -0.39 is 0 Å². The van der Waals surface area contributed by atoms with Crippen LogP contribution in [-0.4, -0.2) is 37.6 Å². The molecule has 24 heavy (non-hydrogen) atoms. The molecule has 0 aromatic heterocycles. The number of carbonyl (C=O) groups excluding carboxylic acids is 2. The normalized spacial score (nSPS) is 10.1. The smallest absolute Gasteiger partial charge is 0.253 e. The number of carbonyl (C=O) groups is 2. The first-order valence-corrected chi connectivity index (χ1v) is 8.58. The number of hydrogen-bond donors (Lipinski definition) is 1. The summed E-state index contributed by atoms with van der Waals surface area (Å²) in [6.45, 7) is 0.484. The topological polar surface area (TPSA) is 58.6 Å². The Balaban J connectivity index is 2.09. The molecule has 0 radical (unpaired) electrons. The number of amides is 2. The summed E-state index contributed by atoms with van der Waals surface area (Å²) in [7, 11) is 3.40. The number of benzene rings is 2. The van der Waals surface area contributed by atoms with E-state index in [1.807, 2.05) is 24.5 Å². The van der Waals surface area contributed by atoms with Crippen molar-refractivity contribution >= 4 is 29.8 Å². The van der Waals surface area contributed by atoms with Crippen molar-refractivity contribution in [3.8, 4) is 5.75 Å². The van der Waals surface area contributed by atoms with Crippen molar-refractivity contribution in [3.63, 3.8) is 0 Å². The first-order chi connectivity index (χ1) is 11.6. The lowest BCUT2D eigenvalue weighted by molar-refractivity contribution is -0.105. The molecule has 2 rings (SSSR count). The Hall–Kier alpha value is -2.47. The zero-order chi connectivity index (χ0) is 17.5. The summed E-state index contributed by atoms with van der Waals surface area (Å²) in [5, 5.41) is 2.54. The van der Waals surface area contributed by atoms with E-state index in [9.17, 15) is 9.59 Å². The molecule has 6 heteroatoms. The van der Waals surface area contributed by atoms with E-state index >= 15 is 0 Å². The molecular formula is C18H20N2O3S. The van der Waals surface area contributed by atoms with Crippen LogP contribution >= 0.6 is 11.8 Å². The quantitative estimate of drug-likeness (QED) is 0.619. The van der Waals surface area contributed by atoms with Crippen LogP contribution in [0.3, 0.4) is 0 Å². The zero-order valence-electron chi connectivity index (χ0n) is 13.9. The molecule has 0 heterocycles. The van der Waals surface area contributed by atoms with Gasteiger partial charge >= 0.3 is 0 Å². The monoisotopic (exact) mass is 344 g/mol. The van der Waals surface area contributed by atoms with Crippen molar-refractivity contribution < 1.29 is 14.3 Å². The predicted molar refractivity (Wildman–Crippen MR) is 96.7 cm³/mol. The first kappa shape index (κ1) is 17.9. The maximum atomic E-state index is 12.5. The Bertz CT molecular complexity index is 717. The van der Waals surface area contributed by atoms with Gasteiger partial charge in [0.15, 0.2) is 0 Å². The maximum Gasteiger partial charge on any atom is 0.253 e. The lowest BCUT2D eigenvalue weighted by Crippen LogP contribution is -2.26. The second-order valence-electron chi connectivity index (χ2n) is 5.19. The third-order valence-corrected chi connectivity index (χ3v) is 4.35. The van der Waals surface area contributed by atoms with Gasteiger partial charge in [-0.25, -0.2) is 0 Å². The Morgan fingerprint density at radius 2 is 1.96 bits per heavy atom. The minimum absolute atomic E-state index is 0.0828. The highest BCUT2D eigenvalue weighted by Crippen LogP contribution is 2.28. The van der Waals surface area contributed by atoms with Crippen LogP contribution in [0.15, 0.2) is 47.4 Å². The van der Waals surface area contributed by atoms with Crippen molar-refractivity contribution in [3.05, 3.63) is 53.6 Å². The number of rotatable bonds is 7. The molecular weight excluding hydrogens is 324 g/mol. The Morgan fingerprint density at radius 3 is 2.54 bits per heavy atom. The standard InChI is InChI=1S/C18H20N2O3S/c1-20(11-13-4-9-17(24-3)16(10-13)23-2)18(22)14-5-7-15(8-6-14)19-12-21/h4-10,12H,11H2,1-3H3,(H,19,21). The molecule has 0 saturated carbocycles. The van der Waals surface area contributed by atoms with Gasteiger partial charge in [0.1, 0.15) is 5.75 Å².